The van der Waals surface area contributed by atoms with E-state index in [-0.39, 0.29) is 18.3 Å². The van der Waals surface area contributed by atoms with Crippen molar-refractivity contribution < 1.29 is 4.79 Å². The van der Waals surface area contributed by atoms with Crippen LogP contribution in [0.15, 0.2) is 18.2 Å². The summed E-state index contributed by atoms with van der Waals surface area (Å²) in [5.74, 6) is 0.615. The van der Waals surface area contributed by atoms with Crippen molar-refractivity contribution in [2.24, 2.45) is 5.92 Å². The Hall–Kier alpha value is -0.860. The zero-order valence-corrected chi connectivity index (χ0v) is 12.3. The van der Waals surface area contributed by atoms with Gasteiger partial charge in [-0.2, -0.15) is 0 Å². The van der Waals surface area contributed by atoms with Crippen LogP contribution in [0.3, 0.4) is 0 Å². The van der Waals surface area contributed by atoms with Gasteiger partial charge in [-0.3, -0.25) is 4.79 Å². The van der Waals surface area contributed by atoms with E-state index < -0.39 is 0 Å². The molecule has 1 atom stereocenters. The van der Waals surface area contributed by atoms with Crippen molar-refractivity contribution in [3.05, 3.63) is 34.9 Å². The third-order valence-corrected chi connectivity index (χ3v) is 4.47. The Kier molecular flexibility index (Phi) is 4.64. The van der Waals surface area contributed by atoms with Crippen molar-refractivity contribution in [3.8, 4) is 0 Å². The number of carbonyl (C=O) groups excluding carboxylic acids is 1. The van der Waals surface area contributed by atoms with Gasteiger partial charge >= 0.3 is 0 Å². The molecule has 1 unspecified atom stereocenters. The second-order valence-electron chi connectivity index (χ2n) is 5.71. The first kappa shape index (κ1) is 14.5. The van der Waals surface area contributed by atoms with Gasteiger partial charge in [-0.15, -0.1) is 12.4 Å². The molecule has 1 aliphatic carbocycles. The van der Waals surface area contributed by atoms with E-state index in [9.17, 15) is 4.79 Å². The number of fused-ring (bicyclic) bond motifs is 1. The molecule has 0 bridgehead atoms. The number of aryl methyl sites for hydroxylation is 1. The smallest absolute Gasteiger partial charge is 0.167 e. The molecule has 104 valence electrons. The number of rotatable bonds is 2. The molecule has 1 aliphatic heterocycles. The normalized spacial score (nSPS) is 23.0. The number of hydrogen-bond acceptors (Lipinski definition) is 2. The van der Waals surface area contributed by atoms with Crippen molar-refractivity contribution in [1.29, 1.82) is 0 Å². The average Bonchev–Trinajstić information content (AvgIpc) is 2.86. The van der Waals surface area contributed by atoms with Crippen molar-refractivity contribution in [2.75, 3.05) is 19.6 Å². The molecule has 1 aromatic rings. The van der Waals surface area contributed by atoms with E-state index in [4.69, 9.17) is 0 Å². The predicted molar refractivity (Wildman–Crippen MR) is 80.2 cm³/mol. The summed E-state index contributed by atoms with van der Waals surface area (Å²) in [7, 11) is 0. The SMILES string of the molecule is Cc1cccc2c1CCC(CN1CCCC1)C2=O.Cl. The van der Waals surface area contributed by atoms with Crippen LogP contribution in [0, 0.1) is 12.8 Å². The zero-order chi connectivity index (χ0) is 12.5. The summed E-state index contributed by atoms with van der Waals surface area (Å²) in [4.78, 5) is 15.0. The molecular formula is C16H22ClNO. The Morgan fingerprint density at radius 1 is 1.26 bits per heavy atom. The van der Waals surface area contributed by atoms with Crippen LogP contribution >= 0.6 is 12.4 Å². The van der Waals surface area contributed by atoms with Gasteiger partial charge in [0.15, 0.2) is 5.78 Å². The minimum Gasteiger partial charge on any atom is -0.303 e. The Bertz CT molecular complexity index is 466. The lowest BCUT2D eigenvalue weighted by atomic mass is 9.81. The van der Waals surface area contributed by atoms with Gasteiger partial charge < -0.3 is 4.90 Å². The maximum absolute atomic E-state index is 12.5. The molecule has 1 heterocycles. The fourth-order valence-corrected chi connectivity index (χ4v) is 3.39. The van der Waals surface area contributed by atoms with E-state index >= 15 is 0 Å². The molecule has 0 N–H and O–H groups in total. The summed E-state index contributed by atoms with van der Waals surface area (Å²) in [6.45, 7) is 5.47. The van der Waals surface area contributed by atoms with Crippen LogP contribution in [-0.4, -0.2) is 30.3 Å². The highest BCUT2D eigenvalue weighted by Crippen LogP contribution is 2.29. The molecule has 0 saturated carbocycles. The predicted octanol–water partition coefficient (Wildman–Crippen LogP) is 3.26. The minimum absolute atomic E-state index is 0. The second kappa shape index (κ2) is 6.06. The fraction of sp³-hybridized carbons (Fsp3) is 0.562. The second-order valence-corrected chi connectivity index (χ2v) is 5.71. The van der Waals surface area contributed by atoms with E-state index in [2.05, 4.69) is 17.9 Å². The summed E-state index contributed by atoms with van der Waals surface area (Å²) in [5.41, 5.74) is 3.56. The van der Waals surface area contributed by atoms with Gasteiger partial charge in [0.2, 0.25) is 0 Å². The number of hydrogen-bond donors (Lipinski definition) is 0. The molecule has 0 amide bonds. The van der Waals surface area contributed by atoms with Crippen LogP contribution in [0.1, 0.15) is 40.7 Å². The van der Waals surface area contributed by atoms with Gasteiger partial charge in [-0.25, -0.2) is 0 Å². The molecule has 1 saturated heterocycles. The van der Waals surface area contributed by atoms with Crippen LogP contribution in [0.4, 0.5) is 0 Å². The Morgan fingerprint density at radius 3 is 2.74 bits per heavy atom. The summed E-state index contributed by atoms with van der Waals surface area (Å²) in [5, 5.41) is 0. The van der Waals surface area contributed by atoms with E-state index in [0.717, 1.165) is 24.9 Å². The zero-order valence-electron chi connectivity index (χ0n) is 11.5. The molecule has 3 rings (SSSR count). The highest BCUT2D eigenvalue weighted by atomic mass is 35.5. The lowest BCUT2D eigenvalue weighted by Crippen LogP contribution is -2.34. The minimum atomic E-state index is 0. The van der Waals surface area contributed by atoms with E-state index in [1.54, 1.807) is 0 Å². The lowest BCUT2D eigenvalue weighted by molar-refractivity contribution is 0.0868. The number of benzene rings is 1. The quantitative estimate of drug-likeness (QED) is 0.828. The molecule has 0 radical (unpaired) electrons. The third kappa shape index (κ3) is 2.85. The van der Waals surface area contributed by atoms with Crippen molar-refractivity contribution in [3.63, 3.8) is 0 Å². The number of Topliss-reactive ketones (excluding diaryl/α,β-unsaturated/α-hetero) is 1. The highest BCUT2D eigenvalue weighted by molar-refractivity contribution is 6.00. The molecule has 2 aliphatic rings. The molecule has 3 heteroatoms. The number of halogens is 1. The number of ketones is 1. The van der Waals surface area contributed by atoms with Crippen LogP contribution in [0.5, 0.6) is 0 Å². The van der Waals surface area contributed by atoms with Crippen molar-refractivity contribution in [1.82, 2.24) is 4.90 Å². The first-order valence-corrected chi connectivity index (χ1v) is 7.11. The van der Waals surface area contributed by atoms with Crippen LogP contribution in [-0.2, 0) is 6.42 Å². The van der Waals surface area contributed by atoms with Gasteiger partial charge in [0, 0.05) is 18.0 Å². The maximum atomic E-state index is 12.5. The van der Waals surface area contributed by atoms with Gasteiger partial charge in [-0.1, -0.05) is 18.2 Å². The highest BCUT2D eigenvalue weighted by Gasteiger charge is 2.29. The Labute approximate surface area is 121 Å². The topological polar surface area (TPSA) is 20.3 Å². The molecule has 19 heavy (non-hydrogen) atoms. The molecule has 0 spiro atoms. The van der Waals surface area contributed by atoms with E-state index in [0.29, 0.717) is 5.78 Å². The van der Waals surface area contributed by atoms with Crippen molar-refractivity contribution in [2.45, 2.75) is 32.6 Å². The summed E-state index contributed by atoms with van der Waals surface area (Å²) < 4.78 is 0. The summed E-state index contributed by atoms with van der Waals surface area (Å²) >= 11 is 0. The molecule has 1 fully saturated rings. The van der Waals surface area contributed by atoms with E-state index in [1.165, 1.54) is 37.1 Å². The Morgan fingerprint density at radius 2 is 2.00 bits per heavy atom. The largest absolute Gasteiger partial charge is 0.303 e. The van der Waals surface area contributed by atoms with Gasteiger partial charge in [0.25, 0.3) is 0 Å². The molecular weight excluding hydrogens is 258 g/mol. The summed E-state index contributed by atoms with van der Waals surface area (Å²) in [6.07, 6.45) is 4.71. The monoisotopic (exact) mass is 279 g/mol. The number of nitrogens with zero attached hydrogens (tertiary/aromatic N) is 1. The first-order chi connectivity index (χ1) is 8.75. The standard InChI is InChI=1S/C16H21NO.ClH/c1-12-5-4-6-15-14(12)8-7-13(16(15)18)11-17-9-2-3-10-17;/h4-6,13H,2-3,7-11H2,1H3;1H. The first-order valence-electron chi connectivity index (χ1n) is 7.11. The summed E-state index contributed by atoms with van der Waals surface area (Å²) in [6, 6.07) is 6.15. The van der Waals surface area contributed by atoms with Crippen LogP contribution in [0.25, 0.3) is 0 Å². The third-order valence-electron chi connectivity index (χ3n) is 4.47. The van der Waals surface area contributed by atoms with Crippen molar-refractivity contribution >= 4 is 18.2 Å². The number of likely N-dealkylation sites (tertiary alicyclic amines) is 1. The Balaban J connectivity index is 0.00000133. The fourth-order valence-electron chi connectivity index (χ4n) is 3.39. The van der Waals surface area contributed by atoms with Gasteiger partial charge in [0.1, 0.15) is 0 Å². The maximum Gasteiger partial charge on any atom is 0.167 e. The van der Waals surface area contributed by atoms with Crippen LogP contribution in [0.2, 0.25) is 0 Å². The average molecular weight is 280 g/mol. The molecule has 1 aromatic carbocycles. The molecule has 2 nitrogen and oxygen atoms in total. The molecule has 0 aromatic heterocycles. The van der Waals surface area contributed by atoms with E-state index in [1.807, 2.05) is 12.1 Å². The van der Waals surface area contributed by atoms with Gasteiger partial charge in [0.05, 0.1) is 0 Å². The lowest BCUT2D eigenvalue weighted by Gasteiger charge is -2.28. The van der Waals surface area contributed by atoms with Crippen LogP contribution < -0.4 is 0 Å². The van der Waals surface area contributed by atoms with Gasteiger partial charge in [-0.05, 0) is 56.8 Å². The number of carbonyl (C=O) groups is 1.